The first kappa shape index (κ1) is 17.8. The molecule has 1 aliphatic heterocycles. The average Bonchev–Trinajstić information content (AvgIpc) is 2.94. The number of benzene rings is 1. The second-order valence-corrected chi connectivity index (χ2v) is 8.07. The number of carbonyl (C=O) groups is 1. The third-order valence-electron chi connectivity index (χ3n) is 6.57. The first-order valence-corrected chi connectivity index (χ1v) is 10.1. The molecule has 5 heteroatoms. The molecule has 142 valence electrons. The number of rotatable bonds is 4. The van der Waals surface area contributed by atoms with Crippen molar-refractivity contribution in [2.75, 3.05) is 46.4 Å². The monoisotopic (exact) mass is 357 g/mol. The minimum Gasteiger partial charge on any atom is -0.383 e. The van der Waals surface area contributed by atoms with Gasteiger partial charge < -0.3 is 15.0 Å². The lowest BCUT2D eigenvalue weighted by Crippen LogP contribution is -2.55. The molecule has 0 radical (unpaired) electrons. The molecule has 2 unspecified atom stereocenters. The normalized spacial score (nSPS) is 28.5. The molecule has 3 aliphatic rings. The van der Waals surface area contributed by atoms with Crippen LogP contribution >= 0.6 is 0 Å². The predicted molar refractivity (Wildman–Crippen MR) is 102 cm³/mol. The van der Waals surface area contributed by atoms with Crippen molar-refractivity contribution in [3.8, 4) is 0 Å². The molecule has 2 aliphatic carbocycles. The van der Waals surface area contributed by atoms with Crippen LogP contribution in [0.25, 0.3) is 0 Å². The van der Waals surface area contributed by atoms with E-state index in [1.54, 1.807) is 7.11 Å². The topological polar surface area (TPSA) is 44.8 Å². The SMILES string of the molecule is COCCN1CCN(C(=O)NC2C3CCC2Cc2ccccc2C3)CC1. The summed E-state index contributed by atoms with van der Waals surface area (Å²) in [4.78, 5) is 17.2. The van der Waals surface area contributed by atoms with Crippen LogP contribution in [0, 0.1) is 11.8 Å². The smallest absolute Gasteiger partial charge is 0.317 e. The maximum atomic E-state index is 12.9. The van der Waals surface area contributed by atoms with Gasteiger partial charge in [0.15, 0.2) is 0 Å². The Hall–Kier alpha value is -1.59. The van der Waals surface area contributed by atoms with E-state index >= 15 is 0 Å². The molecule has 5 nitrogen and oxygen atoms in total. The molecule has 2 fully saturated rings. The zero-order valence-electron chi connectivity index (χ0n) is 15.8. The Morgan fingerprint density at radius 2 is 1.69 bits per heavy atom. The van der Waals surface area contributed by atoms with Crippen LogP contribution in [0.3, 0.4) is 0 Å². The first-order chi connectivity index (χ1) is 12.7. The van der Waals surface area contributed by atoms with Crippen LogP contribution in [-0.2, 0) is 17.6 Å². The number of amides is 2. The van der Waals surface area contributed by atoms with E-state index < -0.39 is 0 Å². The van der Waals surface area contributed by atoms with Crippen LogP contribution in [0.15, 0.2) is 24.3 Å². The van der Waals surface area contributed by atoms with Crippen molar-refractivity contribution in [1.29, 1.82) is 0 Å². The summed E-state index contributed by atoms with van der Waals surface area (Å²) < 4.78 is 5.15. The Morgan fingerprint density at radius 1 is 1.08 bits per heavy atom. The summed E-state index contributed by atoms with van der Waals surface area (Å²) in [6.07, 6.45) is 4.72. The Labute approximate surface area is 156 Å². The second-order valence-electron chi connectivity index (χ2n) is 8.07. The molecular weight excluding hydrogens is 326 g/mol. The molecule has 2 atom stereocenters. The van der Waals surface area contributed by atoms with Gasteiger partial charge in [-0.3, -0.25) is 4.90 Å². The summed E-state index contributed by atoms with van der Waals surface area (Å²) in [7, 11) is 1.74. The number of carbonyl (C=O) groups excluding carboxylic acids is 1. The van der Waals surface area contributed by atoms with Crippen LogP contribution in [0.2, 0.25) is 0 Å². The van der Waals surface area contributed by atoms with E-state index in [-0.39, 0.29) is 6.03 Å². The van der Waals surface area contributed by atoms with E-state index in [2.05, 4.69) is 34.5 Å². The fourth-order valence-corrected chi connectivity index (χ4v) is 5.02. The fraction of sp³-hybridized carbons (Fsp3) is 0.667. The van der Waals surface area contributed by atoms with Crippen LogP contribution < -0.4 is 5.32 Å². The number of hydrogen-bond donors (Lipinski definition) is 1. The van der Waals surface area contributed by atoms with Gasteiger partial charge in [-0.25, -0.2) is 4.79 Å². The standard InChI is InChI=1S/C21H31N3O2/c1-26-13-12-23-8-10-24(11-9-23)21(25)22-20-18-6-7-19(20)15-17-5-3-2-4-16(17)14-18/h2-5,18-20H,6-15H2,1H3,(H,22,25). The maximum Gasteiger partial charge on any atom is 0.317 e. The van der Waals surface area contributed by atoms with Crippen molar-refractivity contribution in [3.63, 3.8) is 0 Å². The molecule has 1 saturated carbocycles. The van der Waals surface area contributed by atoms with Gasteiger partial charge in [0.1, 0.15) is 0 Å². The summed E-state index contributed by atoms with van der Waals surface area (Å²) in [5, 5.41) is 3.43. The first-order valence-electron chi connectivity index (χ1n) is 10.1. The lowest BCUT2D eigenvalue weighted by Gasteiger charge is -2.36. The summed E-state index contributed by atoms with van der Waals surface area (Å²) in [5.41, 5.74) is 2.98. The average molecular weight is 357 g/mol. The molecule has 1 aromatic rings. The van der Waals surface area contributed by atoms with Gasteiger partial charge >= 0.3 is 6.03 Å². The number of urea groups is 1. The van der Waals surface area contributed by atoms with Crippen molar-refractivity contribution >= 4 is 6.03 Å². The van der Waals surface area contributed by atoms with Gasteiger partial charge in [0, 0.05) is 45.9 Å². The molecule has 4 rings (SSSR count). The van der Waals surface area contributed by atoms with Gasteiger partial charge in [-0.1, -0.05) is 24.3 Å². The minimum absolute atomic E-state index is 0.143. The molecule has 1 saturated heterocycles. The third-order valence-corrected chi connectivity index (χ3v) is 6.57. The summed E-state index contributed by atoms with van der Waals surface area (Å²) >= 11 is 0. The number of piperazine rings is 1. The highest BCUT2D eigenvalue weighted by Crippen LogP contribution is 2.40. The molecule has 2 amide bonds. The van der Waals surface area contributed by atoms with Crippen LogP contribution in [0.5, 0.6) is 0 Å². The van der Waals surface area contributed by atoms with Crippen molar-refractivity contribution in [2.24, 2.45) is 11.8 Å². The Morgan fingerprint density at radius 3 is 2.27 bits per heavy atom. The lowest BCUT2D eigenvalue weighted by atomic mass is 9.94. The molecular formula is C21H31N3O2. The molecule has 1 heterocycles. The maximum absolute atomic E-state index is 12.9. The number of nitrogens with zero attached hydrogens (tertiary/aromatic N) is 2. The highest BCUT2D eigenvalue weighted by molar-refractivity contribution is 5.74. The van der Waals surface area contributed by atoms with Crippen molar-refractivity contribution < 1.29 is 9.53 Å². The number of methoxy groups -OCH3 is 1. The second kappa shape index (κ2) is 7.97. The summed E-state index contributed by atoms with van der Waals surface area (Å²) in [6.45, 7) is 5.24. The van der Waals surface area contributed by atoms with E-state index in [1.165, 1.54) is 24.0 Å². The molecule has 0 spiro atoms. The van der Waals surface area contributed by atoms with Crippen molar-refractivity contribution in [1.82, 2.24) is 15.1 Å². The third kappa shape index (κ3) is 3.74. The Kier molecular flexibility index (Phi) is 5.46. The number of fused-ring (bicyclic) bond motifs is 3. The number of nitrogens with one attached hydrogen (secondary N) is 1. The van der Waals surface area contributed by atoms with Crippen molar-refractivity contribution in [2.45, 2.75) is 31.7 Å². The molecule has 1 aromatic carbocycles. The number of hydrogen-bond acceptors (Lipinski definition) is 3. The predicted octanol–water partition coefficient (Wildman–Crippen LogP) is 2.15. The van der Waals surface area contributed by atoms with E-state index in [4.69, 9.17) is 4.74 Å². The lowest BCUT2D eigenvalue weighted by molar-refractivity contribution is 0.104. The highest BCUT2D eigenvalue weighted by Gasteiger charge is 2.40. The largest absolute Gasteiger partial charge is 0.383 e. The van der Waals surface area contributed by atoms with Gasteiger partial charge in [0.25, 0.3) is 0 Å². The molecule has 2 bridgehead atoms. The quantitative estimate of drug-likeness (QED) is 0.898. The Bertz CT molecular complexity index is 594. The van der Waals surface area contributed by atoms with E-state index in [9.17, 15) is 4.79 Å². The van der Waals surface area contributed by atoms with Gasteiger partial charge in [0.2, 0.25) is 0 Å². The minimum atomic E-state index is 0.143. The molecule has 26 heavy (non-hydrogen) atoms. The zero-order chi connectivity index (χ0) is 17.9. The highest BCUT2D eigenvalue weighted by atomic mass is 16.5. The molecule has 0 aromatic heterocycles. The van der Waals surface area contributed by atoms with E-state index in [1.807, 2.05) is 4.90 Å². The van der Waals surface area contributed by atoms with E-state index in [0.29, 0.717) is 17.9 Å². The van der Waals surface area contributed by atoms with Gasteiger partial charge in [0.05, 0.1) is 6.61 Å². The number of ether oxygens (including phenoxy) is 1. The fourth-order valence-electron chi connectivity index (χ4n) is 5.02. The van der Waals surface area contributed by atoms with E-state index in [0.717, 1.165) is 52.2 Å². The van der Waals surface area contributed by atoms with Gasteiger partial charge in [-0.15, -0.1) is 0 Å². The Balaban J connectivity index is 1.34. The van der Waals surface area contributed by atoms with Crippen LogP contribution in [0.1, 0.15) is 24.0 Å². The van der Waals surface area contributed by atoms with Gasteiger partial charge in [-0.2, -0.15) is 0 Å². The summed E-state index contributed by atoms with van der Waals surface area (Å²) in [6, 6.07) is 9.32. The molecule has 1 N–H and O–H groups in total. The zero-order valence-corrected chi connectivity index (χ0v) is 15.8. The van der Waals surface area contributed by atoms with Crippen LogP contribution in [0.4, 0.5) is 4.79 Å². The van der Waals surface area contributed by atoms with Gasteiger partial charge in [-0.05, 0) is 48.6 Å². The van der Waals surface area contributed by atoms with Crippen molar-refractivity contribution in [3.05, 3.63) is 35.4 Å². The van der Waals surface area contributed by atoms with Crippen LogP contribution in [-0.4, -0.2) is 68.3 Å². The summed E-state index contributed by atoms with van der Waals surface area (Å²) in [5.74, 6) is 1.19.